The molecule has 1 fully saturated rings. The van der Waals surface area contributed by atoms with Crippen molar-refractivity contribution in [3.63, 3.8) is 0 Å². The Morgan fingerprint density at radius 2 is 2.18 bits per heavy atom. The minimum Gasteiger partial charge on any atom is -0.506 e. The molecular formula is C14H20N2O5S. The molecule has 0 aliphatic carbocycles. The quantitative estimate of drug-likeness (QED) is 0.701. The molecule has 22 heavy (non-hydrogen) atoms. The van der Waals surface area contributed by atoms with Crippen LogP contribution in [-0.2, 0) is 14.8 Å². The summed E-state index contributed by atoms with van der Waals surface area (Å²) in [5.74, 6) is -0.770. The number of nitrogens with one attached hydrogen (secondary N) is 2. The molecule has 1 aliphatic rings. The fourth-order valence-corrected chi connectivity index (χ4v) is 3.63. The molecule has 1 aromatic carbocycles. The predicted molar refractivity (Wildman–Crippen MR) is 82.5 cm³/mol. The maximum atomic E-state index is 12.2. The van der Waals surface area contributed by atoms with Gasteiger partial charge in [-0.25, -0.2) is 8.42 Å². The molecule has 0 spiro atoms. The summed E-state index contributed by atoms with van der Waals surface area (Å²) >= 11 is 0. The van der Waals surface area contributed by atoms with Gasteiger partial charge in [0, 0.05) is 19.2 Å². The molecule has 122 valence electrons. The van der Waals surface area contributed by atoms with Crippen LogP contribution in [0, 0.1) is 0 Å². The van der Waals surface area contributed by atoms with Crippen molar-refractivity contribution in [2.45, 2.75) is 25.4 Å². The second-order valence-electron chi connectivity index (χ2n) is 5.18. The Balaban J connectivity index is 2.12. The molecule has 0 aromatic heterocycles. The first-order valence-electron chi connectivity index (χ1n) is 7.08. The van der Waals surface area contributed by atoms with Gasteiger partial charge in [-0.2, -0.15) is 0 Å². The molecular weight excluding hydrogens is 308 g/mol. The molecule has 0 saturated carbocycles. The molecule has 7 nitrogen and oxygen atoms in total. The van der Waals surface area contributed by atoms with E-state index in [4.69, 9.17) is 4.74 Å². The Kier molecular flexibility index (Phi) is 5.25. The van der Waals surface area contributed by atoms with E-state index in [-0.39, 0.29) is 34.8 Å². The van der Waals surface area contributed by atoms with E-state index in [2.05, 4.69) is 10.0 Å². The number of phenols is 1. The average Bonchev–Trinajstić information content (AvgIpc) is 2.49. The molecule has 1 aromatic rings. The highest BCUT2D eigenvalue weighted by Gasteiger charge is 2.23. The molecule has 8 heteroatoms. The largest absolute Gasteiger partial charge is 0.506 e. The maximum absolute atomic E-state index is 12.2. The van der Waals surface area contributed by atoms with Crippen LogP contribution in [0.25, 0.3) is 0 Å². The number of hydrogen-bond acceptors (Lipinski definition) is 5. The molecule has 3 N–H and O–H groups in total. The van der Waals surface area contributed by atoms with Crippen LogP contribution < -0.4 is 10.0 Å². The topological polar surface area (TPSA) is 105 Å². The van der Waals surface area contributed by atoms with E-state index in [0.717, 1.165) is 12.8 Å². The van der Waals surface area contributed by atoms with Gasteiger partial charge in [-0.05, 0) is 37.5 Å². The molecule has 1 aliphatic heterocycles. The molecule has 1 atom stereocenters. The van der Waals surface area contributed by atoms with Crippen molar-refractivity contribution in [3.8, 4) is 5.75 Å². The fourth-order valence-electron chi connectivity index (χ4n) is 2.30. The number of sulfonamides is 1. The van der Waals surface area contributed by atoms with Crippen LogP contribution in [0.15, 0.2) is 18.2 Å². The fraction of sp³-hybridized carbons (Fsp3) is 0.500. The van der Waals surface area contributed by atoms with Crippen molar-refractivity contribution < 1.29 is 23.1 Å². The highest BCUT2D eigenvalue weighted by atomic mass is 32.2. The van der Waals surface area contributed by atoms with Gasteiger partial charge in [-0.15, -0.1) is 0 Å². The predicted octanol–water partition coefficient (Wildman–Crippen LogP) is 1.06. The van der Waals surface area contributed by atoms with Crippen molar-refractivity contribution in [2.75, 3.05) is 24.1 Å². The van der Waals surface area contributed by atoms with E-state index in [1.54, 1.807) is 0 Å². The number of phenolic OH excluding ortho intramolecular Hbond substituents is 1. The summed E-state index contributed by atoms with van der Waals surface area (Å²) < 4.78 is 32.1. The van der Waals surface area contributed by atoms with Crippen LogP contribution in [0.5, 0.6) is 5.75 Å². The van der Waals surface area contributed by atoms with Crippen LogP contribution in [-0.4, -0.2) is 44.9 Å². The summed E-state index contributed by atoms with van der Waals surface area (Å²) in [7, 11) is -2.20. The number of anilines is 1. The summed E-state index contributed by atoms with van der Waals surface area (Å²) in [5.41, 5.74) is 0.240. The second kappa shape index (κ2) is 6.97. The zero-order valence-corrected chi connectivity index (χ0v) is 13.1. The number of carbonyl (C=O) groups is 1. The van der Waals surface area contributed by atoms with E-state index in [9.17, 15) is 18.3 Å². The van der Waals surface area contributed by atoms with Gasteiger partial charge in [0.1, 0.15) is 5.75 Å². The van der Waals surface area contributed by atoms with E-state index in [1.807, 2.05) is 0 Å². The van der Waals surface area contributed by atoms with Crippen molar-refractivity contribution in [3.05, 3.63) is 23.8 Å². The van der Waals surface area contributed by atoms with Crippen LogP contribution >= 0.6 is 0 Å². The highest BCUT2D eigenvalue weighted by Crippen LogP contribution is 2.26. The Morgan fingerprint density at radius 1 is 1.41 bits per heavy atom. The van der Waals surface area contributed by atoms with Gasteiger partial charge in [-0.3, -0.25) is 9.52 Å². The number of carbonyl (C=O) groups excluding carboxylic acids is 1. The lowest BCUT2D eigenvalue weighted by Crippen LogP contribution is -2.31. The first-order chi connectivity index (χ1) is 10.4. The standard InChI is InChI=1S/C14H20N2O5S/c1-15-14(18)10-5-6-13(17)12(8-10)16-22(19,20)9-11-4-2-3-7-21-11/h5-6,8,11,16-17H,2-4,7,9H2,1H3,(H,15,18). The van der Waals surface area contributed by atoms with E-state index in [0.29, 0.717) is 13.0 Å². The smallest absolute Gasteiger partial charge is 0.251 e. The summed E-state index contributed by atoms with van der Waals surface area (Å²) in [6.45, 7) is 0.567. The number of aromatic hydroxyl groups is 1. The van der Waals surface area contributed by atoms with Crippen LogP contribution in [0.4, 0.5) is 5.69 Å². The van der Waals surface area contributed by atoms with Crippen LogP contribution in [0.1, 0.15) is 29.6 Å². The van der Waals surface area contributed by atoms with Gasteiger partial charge in [0.25, 0.3) is 5.91 Å². The van der Waals surface area contributed by atoms with Gasteiger partial charge >= 0.3 is 0 Å². The van der Waals surface area contributed by atoms with Gasteiger partial charge in [0.05, 0.1) is 17.5 Å². The van der Waals surface area contributed by atoms with Gasteiger partial charge in [0.15, 0.2) is 0 Å². The van der Waals surface area contributed by atoms with E-state index >= 15 is 0 Å². The molecule has 0 bridgehead atoms. The van der Waals surface area contributed by atoms with Gasteiger partial charge in [0.2, 0.25) is 10.0 Å². The van der Waals surface area contributed by atoms with Crippen molar-refractivity contribution >= 4 is 21.6 Å². The number of ether oxygens (including phenoxy) is 1. The monoisotopic (exact) mass is 328 g/mol. The van der Waals surface area contributed by atoms with Crippen LogP contribution in [0.2, 0.25) is 0 Å². The number of hydrogen-bond donors (Lipinski definition) is 3. The Morgan fingerprint density at radius 3 is 2.82 bits per heavy atom. The van der Waals surface area contributed by atoms with Crippen molar-refractivity contribution in [2.24, 2.45) is 0 Å². The zero-order valence-electron chi connectivity index (χ0n) is 12.3. The third-order valence-corrected chi connectivity index (χ3v) is 4.77. The first kappa shape index (κ1) is 16.6. The van der Waals surface area contributed by atoms with Gasteiger partial charge in [-0.1, -0.05) is 0 Å². The van der Waals surface area contributed by atoms with E-state index < -0.39 is 10.0 Å². The lowest BCUT2D eigenvalue weighted by Gasteiger charge is -2.22. The van der Waals surface area contributed by atoms with E-state index in [1.165, 1.54) is 25.2 Å². The minimum absolute atomic E-state index is 0.0168. The first-order valence-corrected chi connectivity index (χ1v) is 8.74. The molecule has 1 unspecified atom stereocenters. The second-order valence-corrected chi connectivity index (χ2v) is 6.95. The van der Waals surface area contributed by atoms with Crippen molar-refractivity contribution in [1.82, 2.24) is 5.32 Å². The lowest BCUT2D eigenvalue weighted by molar-refractivity contribution is 0.0306. The molecule has 2 rings (SSSR count). The number of amides is 1. The molecule has 1 heterocycles. The maximum Gasteiger partial charge on any atom is 0.251 e. The molecule has 1 amide bonds. The van der Waals surface area contributed by atoms with Crippen LogP contribution in [0.3, 0.4) is 0 Å². The summed E-state index contributed by atoms with van der Waals surface area (Å²) in [6, 6.07) is 3.99. The van der Waals surface area contributed by atoms with Gasteiger partial charge < -0.3 is 15.2 Å². The Bertz CT molecular complexity index is 639. The Labute approximate surface area is 129 Å². The summed E-state index contributed by atoms with van der Waals surface area (Å²) in [4.78, 5) is 11.6. The Hall–Kier alpha value is -1.80. The average molecular weight is 328 g/mol. The molecule has 1 saturated heterocycles. The number of rotatable bonds is 5. The lowest BCUT2D eigenvalue weighted by atomic mass is 10.1. The van der Waals surface area contributed by atoms with Crippen molar-refractivity contribution in [1.29, 1.82) is 0 Å². The molecule has 0 radical (unpaired) electrons. The summed E-state index contributed by atoms with van der Waals surface area (Å²) in [6.07, 6.45) is 2.25. The third kappa shape index (κ3) is 4.35. The zero-order chi connectivity index (χ0) is 16.2. The summed E-state index contributed by atoms with van der Waals surface area (Å²) in [5, 5.41) is 12.2. The third-order valence-electron chi connectivity index (χ3n) is 3.43. The minimum atomic E-state index is -3.67. The SMILES string of the molecule is CNC(=O)c1ccc(O)c(NS(=O)(=O)CC2CCCCO2)c1. The highest BCUT2D eigenvalue weighted by molar-refractivity contribution is 7.92. The normalized spacial score (nSPS) is 18.7. The number of benzene rings is 1.